The van der Waals surface area contributed by atoms with Crippen LogP contribution < -0.4 is 4.90 Å². The zero-order chi connectivity index (χ0) is 19.9. The molecule has 7 nitrogen and oxygen atoms in total. The second-order valence-electron chi connectivity index (χ2n) is 7.27. The van der Waals surface area contributed by atoms with Crippen LogP contribution in [-0.2, 0) is 4.74 Å². The van der Waals surface area contributed by atoms with Crippen molar-refractivity contribution in [1.82, 2.24) is 19.8 Å². The van der Waals surface area contributed by atoms with Crippen molar-refractivity contribution in [2.75, 3.05) is 63.9 Å². The molecule has 0 radical (unpaired) electrons. The van der Waals surface area contributed by atoms with Crippen molar-refractivity contribution in [2.45, 2.75) is 0 Å². The topological polar surface area (TPSA) is 61.8 Å². The summed E-state index contributed by atoms with van der Waals surface area (Å²) in [4.78, 5) is 27.7. The Balaban J connectivity index is 1.30. The van der Waals surface area contributed by atoms with Crippen molar-refractivity contribution in [3.63, 3.8) is 0 Å². The molecule has 29 heavy (non-hydrogen) atoms. The van der Waals surface area contributed by atoms with Crippen LogP contribution in [0.25, 0.3) is 6.08 Å². The molecule has 4 rings (SSSR count). The maximum Gasteiger partial charge on any atom is 0.272 e. The highest BCUT2D eigenvalue weighted by atomic mass is 16.5. The van der Waals surface area contributed by atoms with Crippen LogP contribution in [0.2, 0.25) is 0 Å². The van der Waals surface area contributed by atoms with Gasteiger partial charge in [-0.25, -0.2) is 9.97 Å². The molecule has 0 spiro atoms. The monoisotopic (exact) mass is 393 g/mol. The lowest BCUT2D eigenvalue weighted by Crippen LogP contribution is -2.46. The van der Waals surface area contributed by atoms with Gasteiger partial charge in [0, 0.05) is 51.9 Å². The van der Waals surface area contributed by atoms with E-state index in [0.717, 1.165) is 38.5 Å². The number of piperazine rings is 1. The van der Waals surface area contributed by atoms with Crippen molar-refractivity contribution in [1.29, 1.82) is 0 Å². The molecule has 0 bridgehead atoms. The summed E-state index contributed by atoms with van der Waals surface area (Å²) in [6.45, 7) is 7.07. The van der Waals surface area contributed by atoms with Crippen LogP contribution in [0.4, 0.5) is 5.82 Å². The lowest BCUT2D eigenvalue weighted by molar-refractivity contribution is 0.0299. The Morgan fingerprint density at radius 2 is 1.76 bits per heavy atom. The summed E-state index contributed by atoms with van der Waals surface area (Å²) in [6, 6.07) is 12.2. The smallest absolute Gasteiger partial charge is 0.272 e. The quantitative estimate of drug-likeness (QED) is 0.772. The van der Waals surface area contributed by atoms with Gasteiger partial charge < -0.3 is 14.5 Å². The van der Waals surface area contributed by atoms with Crippen LogP contribution in [0.5, 0.6) is 0 Å². The van der Waals surface area contributed by atoms with Crippen molar-refractivity contribution in [3.05, 3.63) is 60.1 Å². The Labute approximate surface area is 171 Å². The molecule has 1 aromatic heterocycles. The minimum atomic E-state index is -0.0402. The van der Waals surface area contributed by atoms with E-state index in [1.54, 1.807) is 4.90 Å². The fourth-order valence-electron chi connectivity index (χ4n) is 3.63. The van der Waals surface area contributed by atoms with Gasteiger partial charge in [0.25, 0.3) is 5.91 Å². The largest absolute Gasteiger partial charge is 0.378 e. The minimum absolute atomic E-state index is 0.0402. The summed E-state index contributed by atoms with van der Waals surface area (Å²) in [5.74, 6) is 0.790. The fraction of sp³-hybridized carbons (Fsp3) is 0.409. The number of benzene rings is 1. The van der Waals surface area contributed by atoms with E-state index in [9.17, 15) is 4.79 Å². The Hall–Kier alpha value is -2.77. The molecule has 2 aliphatic heterocycles. The van der Waals surface area contributed by atoms with E-state index >= 15 is 0 Å². The van der Waals surface area contributed by atoms with Crippen LogP contribution in [-0.4, -0.2) is 84.7 Å². The molecule has 2 saturated heterocycles. The van der Waals surface area contributed by atoms with Gasteiger partial charge >= 0.3 is 0 Å². The highest BCUT2D eigenvalue weighted by molar-refractivity contribution is 5.93. The van der Waals surface area contributed by atoms with Gasteiger partial charge in [-0.15, -0.1) is 0 Å². The first-order chi connectivity index (χ1) is 14.3. The summed E-state index contributed by atoms with van der Waals surface area (Å²) >= 11 is 0. The van der Waals surface area contributed by atoms with E-state index in [-0.39, 0.29) is 5.91 Å². The van der Waals surface area contributed by atoms with Gasteiger partial charge in [-0.05, 0) is 5.56 Å². The van der Waals surface area contributed by atoms with Gasteiger partial charge in [-0.3, -0.25) is 9.69 Å². The number of hydrogen-bond acceptors (Lipinski definition) is 6. The van der Waals surface area contributed by atoms with E-state index in [1.165, 1.54) is 11.9 Å². The summed E-state index contributed by atoms with van der Waals surface area (Å²) in [5, 5.41) is 0. The Morgan fingerprint density at radius 3 is 2.52 bits per heavy atom. The van der Waals surface area contributed by atoms with E-state index in [4.69, 9.17) is 4.74 Å². The Morgan fingerprint density at radius 1 is 1.00 bits per heavy atom. The highest BCUT2D eigenvalue weighted by Gasteiger charge is 2.22. The highest BCUT2D eigenvalue weighted by Crippen LogP contribution is 2.15. The first kappa shape index (κ1) is 19.5. The maximum absolute atomic E-state index is 12.7. The van der Waals surface area contributed by atoms with Crippen LogP contribution in [0.3, 0.4) is 0 Å². The molecule has 1 aromatic carbocycles. The Kier molecular flexibility index (Phi) is 6.49. The van der Waals surface area contributed by atoms with E-state index in [2.05, 4.69) is 56.2 Å². The van der Waals surface area contributed by atoms with Crippen molar-refractivity contribution < 1.29 is 9.53 Å². The van der Waals surface area contributed by atoms with Crippen LogP contribution >= 0.6 is 0 Å². The van der Waals surface area contributed by atoms with E-state index in [1.807, 2.05) is 12.1 Å². The number of carbonyl (C=O) groups excluding carboxylic acids is 1. The third-order valence-electron chi connectivity index (χ3n) is 5.34. The first-order valence-electron chi connectivity index (χ1n) is 10.2. The molecule has 0 saturated carbocycles. The molecule has 0 aliphatic carbocycles. The first-order valence-corrected chi connectivity index (χ1v) is 10.2. The zero-order valence-corrected chi connectivity index (χ0v) is 16.6. The normalized spacial score (nSPS) is 18.3. The molecule has 2 aromatic rings. The third-order valence-corrected chi connectivity index (χ3v) is 5.34. The van der Waals surface area contributed by atoms with Crippen LogP contribution in [0, 0.1) is 0 Å². The number of nitrogens with zero attached hydrogens (tertiary/aromatic N) is 5. The zero-order valence-electron chi connectivity index (χ0n) is 16.6. The molecule has 2 aliphatic rings. The van der Waals surface area contributed by atoms with Gasteiger partial charge in [0.15, 0.2) is 0 Å². The summed E-state index contributed by atoms with van der Waals surface area (Å²) in [6.07, 6.45) is 5.88. The molecule has 7 heteroatoms. The van der Waals surface area contributed by atoms with Gasteiger partial charge in [-0.1, -0.05) is 42.5 Å². The molecule has 0 N–H and O–H groups in total. The number of ether oxygens (including phenoxy) is 1. The predicted octanol–water partition coefficient (Wildman–Crippen LogP) is 1.78. The van der Waals surface area contributed by atoms with E-state index < -0.39 is 0 Å². The molecular formula is C22H27N5O2. The SMILES string of the molecule is O=C(c1cc(N2CCN(C/C=C/c3ccccc3)CC2)ncn1)N1CCOCC1. The molecule has 2 fully saturated rings. The summed E-state index contributed by atoms with van der Waals surface area (Å²) < 4.78 is 5.32. The molecule has 0 atom stereocenters. The summed E-state index contributed by atoms with van der Waals surface area (Å²) in [7, 11) is 0. The molecule has 1 amide bonds. The second-order valence-corrected chi connectivity index (χ2v) is 7.27. The van der Waals surface area contributed by atoms with Gasteiger partial charge in [0.2, 0.25) is 0 Å². The number of morpholine rings is 1. The standard InChI is InChI=1S/C22H27N5O2/c28-22(27-13-15-29-16-14-27)20-17-21(24-18-23-20)26-11-9-25(10-12-26)8-4-7-19-5-2-1-3-6-19/h1-7,17-18H,8-16H2/b7-4+. The van der Waals surface area contributed by atoms with Crippen molar-refractivity contribution in [2.24, 2.45) is 0 Å². The third kappa shape index (κ3) is 5.19. The van der Waals surface area contributed by atoms with Crippen LogP contribution in [0.1, 0.15) is 16.1 Å². The lowest BCUT2D eigenvalue weighted by atomic mass is 10.2. The number of carbonyl (C=O) groups is 1. The van der Waals surface area contributed by atoms with E-state index in [0.29, 0.717) is 32.0 Å². The van der Waals surface area contributed by atoms with Crippen LogP contribution in [0.15, 0.2) is 48.8 Å². The van der Waals surface area contributed by atoms with Gasteiger partial charge in [-0.2, -0.15) is 0 Å². The van der Waals surface area contributed by atoms with Crippen molar-refractivity contribution in [3.8, 4) is 0 Å². The predicted molar refractivity (Wildman–Crippen MR) is 113 cm³/mol. The molecular weight excluding hydrogens is 366 g/mol. The lowest BCUT2D eigenvalue weighted by Gasteiger charge is -2.35. The van der Waals surface area contributed by atoms with Gasteiger partial charge in [0.05, 0.1) is 13.2 Å². The molecule has 0 unspecified atom stereocenters. The number of aromatic nitrogens is 2. The fourth-order valence-corrected chi connectivity index (χ4v) is 3.63. The minimum Gasteiger partial charge on any atom is -0.378 e. The molecule has 3 heterocycles. The number of rotatable bonds is 5. The van der Waals surface area contributed by atoms with Gasteiger partial charge in [0.1, 0.15) is 17.8 Å². The maximum atomic E-state index is 12.7. The van der Waals surface area contributed by atoms with Crippen molar-refractivity contribution >= 4 is 17.8 Å². The molecule has 152 valence electrons. The average Bonchev–Trinajstić information content (AvgIpc) is 2.80. The number of anilines is 1. The number of hydrogen-bond donors (Lipinski definition) is 0. The number of amides is 1. The average molecular weight is 393 g/mol. The Bertz CT molecular complexity index is 828. The second kappa shape index (κ2) is 9.62. The summed E-state index contributed by atoms with van der Waals surface area (Å²) in [5.41, 5.74) is 1.69.